The summed E-state index contributed by atoms with van der Waals surface area (Å²) < 4.78 is 12.0. The Bertz CT molecular complexity index is 763. The number of nitrogens with one attached hydrogen (secondary N) is 1. The van der Waals surface area contributed by atoms with Gasteiger partial charge in [-0.15, -0.1) is 0 Å². The Balaban J connectivity index is 2.15. The van der Waals surface area contributed by atoms with Crippen molar-refractivity contribution in [1.29, 1.82) is 0 Å². The molecule has 0 aliphatic heterocycles. The van der Waals surface area contributed by atoms with Crippen molar-refractivity contribution in [3.05, 3.63) is 56.5 Å². The maximum absolute atomic E-state index is 10.6. The molecule has 0 radical (unpaired) electrons. The molecule has 2 aromatic rings. The van der Waals surface area contributed by atoms with Gasteiger partial charge < -0.3 is 9.47 Å². The lowest BCUT2D eigenvalue weighted by Gasteiger charge is -2.12. The van der Waals surface area contributed by atoms with Gasteiger partial charge >= 0.3 is 0 Å². The highest BCUT2D eigenvalue weighted by molar-refractivity contribution is 9.10. The smallest absolute Gasteiger partial charge is 0.269 e. The quantitative estimate of drug-likeness (QED) is 0.392. The van der Waals surface area contributed by atoms with E-state index in [1.807, 2.05) is 26.0 Å². The van der Waals surface area contributed by atoms with E-state index in [1.54, 1.807) is 18.3 Å². The maximum atomic E-state index is 10.6. The molecular formula is C17H18BrN3O4. The van der Waals surface area contributed by atoms with E-state index in [1.165, 1.54) is 12.1 Å². The third-order valence-electron chi connectivity index (χ3n) is 3.14. The minimum absolute atomic E-state index is 0.0311. The molecule has 0 bridgehead atoms. The van der Waals surface area contributed by atoms with Crippen molar-refractivity contribution in [1.82, 2.24) is 0 Å². The summed E-state index contributed by atoms with van der Waals surface area (Å²) >= 11 is 3.47. The largest absolute Gasteiger partial charge is 0.493 e. The van der Waals surface area contributed by atoms with E-state index < -0.39 is 4.92 Å². The molecule has 0 unspecified atom stereocenters. The summed E-state index contributed by atoms with van der Waals surface area (Å²) in [5.74, 6) is 1.36. The molecule has 25 heavy (non-hydrogen) atoms. The standard InChI is InChI=1S/C17H18BrN3O4/c1-3-24-16-10-17(25-4-2)15(18)9-12(16)11-19-20-13-5-7-14(8-6-13)21(22)23/h5-11,20H,3-4H2,1-2H3/b19-11+. The molecule has 2 aromatic carbocycles. The number of hydrogen-bond donors (Lipinski definition) is 1. The Hall–Kier alpha value is -2.61. The topological polar surface area (TPSA) is 86.0 Å². The molecule has 0 fully saturated rings. The number of nitro benzene ring substituents is 1. The van der Waals surface area contributed by atoms with Gasteiger partial charge in [0.05, 0.1) is 34.5 Å². The maximum Gasteiger partial charge on any atom is 0.269 e. The Kier molecular flexibility index (Phi) is 6.76. The van der Waals surface area contributed by atoms with Crippen LogP contribution in [0.15, 0.2) is 46.0 Å². The van der Waals surface area contributed by atoms with Gasteiger partial charge in [0.1, 0.15) is 11.5 Å². The van der Waals surface area contributed by atoms with Gasteiger partial charge in [0.15, 0.2) is 0 Å². The minimum atomic E-state index is -0.446. The van der Waals surface area contributed by atoms with Crippen molar-refractivity contribution < 1.29 is 14.4 Å². The summed E-state index contributed by atoms with van der Waals surface area (Å²) in [4.78, 5) is 10.2. The van der Waals surface area contributed by atoms with E-state index in [-0.39, 0.29) is 5.69 Å². The highest BCUT2D eigenvalue weighted by Gasteiger charge is 2.09. The number of nitro groups is 1. The number of halogens is 1. The lowest BCUT2D eigenvalue weighted by molar-refractivity contribution is -0.384. The van der Waals surface area contributed by atoms with E-state index in [0.29, 0.717) is 30.4 Å². The number of hydrazone groups is 1. The Morgan fingerprint density at radius 1 is 1.16 bits per heavy atom. The summed E-state index contributed by atoms with van der Waals surface area (Å²) in [7, 11) is 0. The molecule has 0 spiro atoms. The van der Waals surface area contributed by atoms with Gasteiger partial charge in [-0.3, -0.25) is 15.5 Å². The minimum Gasteiger partial charge on any atom is -0.493 e. The number of anilines is 1. The van der Waals surface area contributed by atoms with Crippen molar-refractivity contribution in [2.24, 2.45) is 5.10 Å². The molecule has 0 atom stereocenters. The van der Waals surface area contributed by atoms with Crippen molar-refractivity contribution in [2.45, 2.75) is 13.8 Å². The predicted molar refractivity (Wildman–Crippen MR) is 101 cm³/mol. The van der Waals surface area contributed by atoms with E-state index in [4.69, 9.17) is 9.47 Å². The number of rotatable bonds is 8. The van der Waals surface area contributed by atoms with Gasteiger partial charge in [-0.1, -0.05) is 0 Å². The van der Waals surface area contributed by atoms with Gasteiger partial charge in [-0.2, -0.15) is 5.10 Å². The molecule has 1 N–H and O–H groups in total. The van der Waals surface area contributed by atoms with Crippen LogP contribution in [0.2, 0.25) is 0 Å². The first-order valence-electron chi connectivity index (χ1n) is 7.67. The fraction of sp³-hybridized carbons (Fsp3) is 0.235. The van der Waals surface area contributed by atoms with Crippen molar-refractivity contribution in [3.8, 4) is 11.5 Å². The SMILES string of the molecule is CCOc1cc(OCC)c(/C=N/Nc2ccc([N+](=O)[O-])cc2)cc1Br. The van der Waals surface area contributed by atoms with Crippen LogP contribution in [0.3, 0.4) is 0 Å². The molecule has 132 valence electrons. The summed E-state index contributed by atoms with van der Waals surface area (Å²) in [5, 5.41) is 14.8. The Morgan fingerprint density at radius 3 is 2.40 bits per heavy atom. The Labute approximate surface area is 153 Å². The van der Waals surface area contributed by atoms with Crippen molar-refractivity contribution in [3.63, 3.8) is 0 Å². The van der Waals surface area contributed by atoms with Crippen LogP contribution in [0.1, 0.15) is 19.4 Å². The average Bonchev–Trinajstić information content (AvgIpc) is 2.59. The van der Waals surface area contributed by atoms with Crippen LogP contribution in [0.4, 0.5) is 11.4 Å². The van der Waals surface area contributed by atoms with Crippen LogP contribution in [0.5, 0.6) is 11.5 Å². The number of benzene rings is 2. The molecule has 0 aliphatic rings. The number of ether oxygens (including phenoxy) is 2. The second-order valence-corrected chi connectivity index (χ2v) is 5.71. The monoisotopic (exact) mass is 407 g/mol. The fourth-order valence-corrected chi connectivity index (χ4v) is 2.51. The third kappa shape index (κ3) is 5.18. The van der Waals surface area contributed by atoms with Crippen LogP contribution < -0.4 is 14.9 Å². The van der Waals surface area contributed by atoms with Gasteiger partial charge in [-0.05, 0) is 48.0 Å². The lowest BCUT2D eigenvalue weighted by Crippen LogP contribution is -2.00. The van der Waals surface area contributed by atoms with Gasteiger partial charge in [0.25, 0.3) is 5.69 Å². The lowest BCUT2D eigenvalue weighted by atomic mass is 10.2. The van der Waals surface area contributed by atoms with E-state index in [2.05, 4.69) is 26.5 Å². The summed E-state index contributed by atoms with van der Waals surface area (Å²) in [6.07, 6.45) is 1.62. The summed E-state index contributed by atoms with van der Waals surface area (Å²) in [6.45, 7) is 4.89. The van der Waals surface area contributed by atoms with Crippen LogP contribution in [-0.2, 0) is 0 Å². The molecule has 0 aromatic heterocycles. The second-order valence-electron chi connectivity index (χ2n) is 4.86. The van der Waals surface area contributed by atoms with Crippen molar-refractivity contribution in [2.75, 3.05) is 18.6 Å². The molecule has 0 saturated heterocycles. The molecule has 0 heterocycles. The fourth-order valence-electron chi connectivity index (χ4n) is 2.03. The zero-order valence-corrected chi connectivity index (χ0v) is 15.4. The van der Waals surface area contributed by atoms with Crippen LogP contribution >= 0.6 is 15.9 Å². The molecule has 8 heteroatoms. The first-order valence-corrected chi connectivity index (χ1v) is 8.47. The molecule has 7 nitrogen and oxygen atoms in total. The highest BCUT2D eigenvalue weighted by Crippen LogP contribution is 2.32. The molecule has 2 rings (SSSR count). The summed E-state index contributed by atoms with van der Waals surface area (Å²) in [6, 6.07) is 9.68. The van der Waals surface area contributed by atoms with Gasteiger partial charge in [0.2, 0.25) is 0 Å². The Morgan fingerprint density at radius 2 is 1.80 bits per heavy atom. The van der Waals surface area contributed by atoms with E-state index >= 15 is 0 Å². The third-order valence-corrected chi connectivity index (χ3v) is 3.76. The highest BCUT2D eigenvalue weighted by atomic mass is 79.9. The van der Waals surface area contributed by atoms with E-state index in [9.17, 15) is 10.1 Å². The van der Waals surface area contributed by atoms with Gasteiger partial charge in [-0.25, -0.2) is 0 Å². The molecule has 0 aliphatic carbocycles. The van der Waals surface area contributed by atoms with Crippen molar-refractivity contribution >= 4 is 33.5 Å². The zero-order valence-electron chi connectivity index (χ0n) is 13.9. The molecule has 0 saturated carbocycles. The average molecular weight is 408 g/mol. The van der Waals surface area contributed by atoms with E-state index in [0.717, 1.165) is 10.0 Å². The zero-order chi connectivity index (χ0) is 18.2. The van der Waals surface area contributed by atoms with Crippen LogP contribution in [0, 0.1) is 10.1 Å². The summed E-state index contributed by atoms with van der Waals surface area (Å²) in [5.41, 5.74) is 4.28. The van der Waals surface area contributed by atoms with Gasteiger partial charge in [0, 0.05) is 23.8 Å². The predicted octanol–water partition coefficient (Wildman–Crippen LogP) is 4.60. The second kappa shape index (κ2) is 9.03. The van der Waals surface area contributed by atoms with Crippen LogP contribution in [-0.4, -0.2) is 24.4 Å². The van der Waals surface area contributed by atoms with Crippen LogP contribution in [0.25, 0.3) is 0 Å². The first-order chi connectivity index (χ1) is 12.0. The number of nitrogens with zero attached hydrogens (tertiary/aromatic N) is 2. The number of hydrogen-bond acceptors (Lipinski definition) is 6. The first kappa shape index (κ1) is 18.7. The molecule has 0 amide bonds. The number of non-ortho nitro benzene ring substituents is 1. The normalized spacial score (nSPS) is 10.7. The molecular weight excluding hydrogens is 390 g/mol.